The predicted molar refractivity (Wildman–Crippen MR) is 70.3 cm³/mol. The van der Waals surface area contributed by atoms with Crippen molar-refractivity contribution in [3.8, 4) is 0 Å². The van der Waals surface area contributed by atoms with Crippen LogP contribution in [0.15, 0.2) is 0 Å². The lowest BCUT2D eigenvalue weighted by atomic mass is 10.2. The Labute approximate surface area is 107 Å². The third-order valence-electron chi connectivity index (χ3n) is 2.07. The molecule has 0 rings (SSSR count). The Bertz CT molecular complexity index is 225. The molecule has 0 radical (unpaired) electrons. The first kappa shape index (κ1) is 16.2. The normalized spacial score (nSPS) is 10.0. The minimum atomic E-state index is -0.0671. The van der Waals surface area contributed by atoms with E-state index in [1.165, 1.54) is 11.8 Å². The highest BCUT2D eigenvalue weighted by atomic mass is 32.2. The molecular weight excluding hydrogens is 240 g/mol. The van der Waals surface area contributed by atoms with Crippen LogP contribution >= 0.6 is 11.8 Å². The topological polar surface area (TPSA) is 67.4 Å². The fourth-order valence-electron chi connectivity index (χ4n) is 1.16. The zero-order chi connectivity index (χ0) is 12.9. The van der Waals surface area contributed by atoms with Crippen LogP contribution in [0.5, 0.6) is 0 Å². The molecule has 100 valence electrons. The highest BCUT2D eigenvalue weighted by Crippen LogP contribution is 1.96. The number of hydrogen-bond donors (Lipinski definition) is 2. The van der Waals surface area contributed by atoms with E-state index in [1.807, 2.05) is 6.92 Å². The van der Waals surface area contributed by atoms with Crippen molar-refractivity contribution in [2.45, 2.75) is 26.2 Å². The number of thioether (sulfide) groups is 1. The second-order valence-electron chi connectivity index (χ2n) is 3.47. The Hall–Kier alpha value is -0.750. The summed E-state index contributed by atoms with van der Waals surface area (Å²) in [5, 5.41) is 5.56. The van der Waals surface area contributed by atoms with Gasteiger partial charge in [0, 0.05) is 19.7 Å². The Balaban J connectivity index is 3.18. The van der Waals surface area contributed by atoms with Gasteiger partial charge in [0.15, 0.2) is 0 Å². The molecule has 0 aromatic carbocycles. The van der Waals surface area contributed by atoms with Crippen LogP contribution in [0.3, 0.4) is 0 Å². The zero-order valence-electron chi connectivity index (χ0n) is 10.6. The van der Waals surface area contributed by atoms with E-state index in [0.717, 1.165) is 19.3 Å². The van der Waals surface area contributed by atoms with Gasteiger partial charge in [-0.25, -0.2) is 0 Å². The lowest BCUT2D eigenvalue weighted by molar-refractivity contribution is -0.125. The van der Waals surface area contributed by atoms with Crippen LogP contribution in [-0.2, 0) is 9.53 Å². The van der Waals surface area contributed by atoms with E-state index < -0.39 is 0 Å². The molecular formula is C11H22N2O3S. The molecule has 0 saturated carbocycles. The van der Waals surface area contributed by atoms with Gasteiger partial charge in [0.1, 0.15) is 6.61 Å². The summed E-state index contributed by atoms with van der Waals surface area (Å²) in [6.07, 6.45) is 4.60. The van der Waals surface area contributed by atoms with Crippen LogP contribution in [0.4, 0.5) is 4.79 Å². The molecule has 0 aromatic heterocycles. The largest absolute Gasteiger partial charge is 0.372 e. The average molecular weight is 262 g/mol. The molecule has 5 nitrogen and oxygen atoms in total. The first-order chi connectivity index (χ1) is 8.20. The quantitative estimate of drug-likeness (QED) is 0.616. The molecule has 0 aliphatic heterocycles. The van der Waals surface area contributed by atoms with Gasteiger partial charge < -0.3 is 15.4 Å². The molecule has 0 saturated heterocycles. The molecule has 6 heteroatoms. The first-order valence-electron chi connectivity index (χ1n) is 5.87. The van der Waals surface area contributed by atoms with Gasteiger partial charge >= 0.3 is 0 Å². The van der Waals surface area contributed by atoms with E-state index in [9.17, 15) is 9.59 Å². The van der Waals surface area contributed by atoms with Crippen molar-refractivity contribution >= 4 is 22.9 Å². The van der Waals surface area contributed by atoms with Crippen LogP contribution in [0, 0.1) is 0 Å². The summed E-state index contributed by atoms with van der Waals surface area (Å²) >= 11 is 1.18. The summed E-state index contributed by atoms with van der Waals surface area (Å²) in [7, 11) is 0. The summed E-state index contributed by atoms with van der Waals surface area (Å²) in [5.41, 5.74) is 0. The molecule has 0 aliphatic rings. The summed E-state index contributed by atoms with van der Waals surface area (Å²) in [6.45, 7) is 3.92. The summed E-state index contributed by atoms with van der Waals surface area (Å²) < 4.78 is 4.97. The zero-order valence-corrected chi connectivity index (χ0v) is 11.4. The number of carbonyl (C=O) groups excluding carboxylic acids is 2. The van der Waals surface area contributed by atoms with Gasteiger partial charge in [-0.3, -0.25) is 9.59 Å². The lowest BCUT2D eigenvalue weighted by Gasteiger charge is -2.05. The molecule has 2 N–H and O–H groups in total. The van der Waals surface area contributed by atoms with E-state index in [2.05, 4.69) is 10.6 Å². The SMILES string of the molecule is CCOCC(=O)NCCCCCNC(=O)SC. The number of amides is 2. The van der Waals surface area contributed by atoms with Crippen molar-refractivity contribution in [3.05, 3.63) is 0 Å². The summed E-state index contributed by atoms with van der Waals surface area (Å²) in [6, 6.07) is 0. The minimum Gasteiger partial charge on any atom is -0.372 e. The van der Waals surface area contributed by atoms with Gasteiger partial charge in [0.05, 0.1) is 0 Å². The molecule has 2 amide bonds. The molecule has 17 heavy (non-hydrogen) atoms. The maximum Gasteiger partial charge on any atom is 0.278 e. The second kappa shape index (κ2) is 11.7. The van der Waals surface area contributed by atoms with Crippen molar-refractivity contribution in [2.75, 3.05) is 32.6 Å². The van der Waals surface area contributed by atoms with Gasteiger partial charge in [0.25, 0.3) is 5.24 Å². The smallest absolute Gasteiger partial charge is 0.278 e. The van der Waals surface area contributed by atoms with Gasteiger partial charge in [-0.15, -0.1) is 0 Å². The molecule has 0 fully saturated rings. The number of rotatable bonds is 9. The molecule has 0 aromatic rings. The maximum atomic E-state index is 11.1. The number of ether oxygens (including phenoxy) is 1. The van der Waals surface area contributed by atoms with E-state index in [0.29, 0.717) is 19.7 Å². The van der Waals surface area contributed by atoms with E-state index in [1.54, 1.807) is 6.26 Å². The fourth-order valence-corrected chi connectivity index (χ4v) is 1.41. The molecule has 0 bridgehead atoms. The Morgan fingerprint density at radius 2 is 1.76 bits per heavy atom. The third-order valence-corrected chi connectivity index (χ3v) is 2.58. The van der Waals surface area contributed by atoms with Crippen LogP contribution in [0.2, 0.25) is 0 Å². The van der Waals surface area contributed by atoms with Crippen molar-refractivity contribution < 1.29 is 14.3 Å². The lowest BCUT2D eigenvalue weighted by Crippen LogP contribution is -2.28. The molecule has 0 heterocycles. The van der Waals surface area contributed by atoms with Crippen molar-refractivity contribution in [1.29, 1.82) is 0 Å². The summed E-state index contributed by atoms with van der Waals surface area (Å²) in [4.78, 5) is 22.0. The third kappa shape index (κ3) is 11.5. The van der Waals surface area contributed by atoms with Crippen LogP contribution in [-0.4, -0.2) is 43.7 Å². The van der Waals surface area contributed by atoms with Crippen LogP contribution in [0.1, 0.15) is 26.2 Å². The standard InChI is InChI=1S/C11H22N2O3S/c1-3-16-9-10(14)12-7-5-4-6-8-13-11(15)17-2/h3-9H2,1-2H3,(H,12,14)(H,13,15). The number of nitrogens with one attached hydrogen (secondary N) is 2. The number of carbonyl (C=O) groups is 2. The van der Waals surface area contributed by atoms with Gasteiger partial charge in [-0.05, 0) is 32.4 Å². The summed E-state index contributed by atoms with van der Waals surface area (Å²) in [5.74, 6) is -0.0671. The van der Waals surface area contributed by atoms with Gasteiger partial charge in [-0.1, -0.05) is 11.8 Å². The molecule has 0 unspecified atom stereocenters. The number of hydrogen-bond acceptors (Lipinski definition) is 4. The predicted octanol–water partition coefficient (Wildman–Crippen LogP) is 1.38. The minimum absolute atomic E-state index is 0.00928. The highest BCUT2D eigenvalue weighted by molar-refractivity contribution is 8.12. The molecule has 0 aliphatic carbocycles. The van der Waals surface area contributed by atoms with Gasteiger partial charge in [0.2, 0.25) is 5.91 Å². The monoisotopic (exact) mass is 262 g/mol. The van der Waals surface area contributed by atoms with Crippen molar-refractivity contribution in [1.82, 2.24) is 10.6 Å². The van der Waals surface area contributed by atoms with Crippen LogP contribution < -0.4 is 10.6 Å². The Morgan fingerprint density at radius 1 is 1.12 bits per heavy atom. The fraction of sp³-hybridized carbons (Fsp3) is 0.818. The maximum absolute atomic E-state index is 11.1. The van der Waals surface area contributed by atoms with Gasteiger partial charge in [-0.2, -0.15) is 0 Å². The second-order valence-corrected chi connectivity index (χ2v) is 4.25. The van der Waals surface area contributed by atoms with Crippen molar-refractivity contribution in [3.63, 3.8) is 0 Å². The molecule has 0 spiro atoms. The molecule has 0 atom stereocenters. The Kier molecular flexibility index (Phi) is 11.2. The van der Waals surface area contributed by atoms with E-state index in [-0.39, 0.29) is 17.8 Å². The van der Waals surface area contributed by atoms with E-state index >= 15 is 0 Å². The highest BCUT2D eigenvalue weighted by Gasteiger charge is 1.99. The first-order valence-corrected chi connectivity index (χ1v) is 7.09. The van der Waals surface area contributed by atoms with E-state index in [4.69, 9.17) is 4.74 Å². The van der Waals surface area contributed by atoms with Crippen molar-refractivity contribution in [2.24, 2.45) is 0 Å². The number of unbranched alkanes of at least 4 members (excludes halogenated alkanes) is 2. The van der Waals surface area contributed by atoms with Crippen LogP contribution in [0.25, 0.3) is 0 Å². The average Bonchev–Trinajstić information content (AvgIpc) is 2.34. The Morgan fingerprint density at radius 3 is 2.35 bits per heavy atom.